The molecule has 0 saturated heterocycles. The molecule has 0 heterocycles. The maximum absolute atomic E-state index is 5.80. The van der Waals surface area contributed by atoms with E-state index in [1.54, 1.807) is 7.11 Å². The Bertz CT molecular complexity index is 386. The van der Waals surface area contributed by atoms with Crippen molar-refractivity contribution in [2.24, 2.45) is 0 Å². The second-order valence-corrected chi connectivity index (χ2v) is 5.67. The van der Waals surface area contributed by atoms with Crippen LogP contribution in [0.2, 0.25) is 0 Å². The second kappa shape index (κ2) is 7.65. The first kappa shape index (κ1) is 15.3. The van der Waals surface area contributed by atoms with Crippen LogP contribution in [0, 0.1) is 0 Å². The van der Waals surface area contributed by atoms with Gasteiger partial charge in [0, 0.05) is 13.2 Å². The zero-order chi connectivity index (χ0) is 14.4. The molecule has 0 radical (unpaired) electrons. The molecule has 1 aliphatic rings. The number of rotatable bonds is 9. The molecule has 1 N–H and O–H groups in total. The van der Waals surface area contributed by atoms with Gasteiger partial charge in [0.25, 0.3) is 0 Å². The second-order valence-electron chi connectivity index (χ2n) is 5.67. The van der Waals surface area contributed by atoms with Crippen LogP contribution in [0.4, 0.5) is 0 Å². The van der Waals surface area contributed by atoms with Gasteiger partial charge in [0.1, 0.15) is 5.75 Å². The zero-order valence-corrected chi connectivity index (χ0v) is 12.9. The van der Waals surface area contributed by atoms with Crippen molar-refractivity contribution in [1.29, 1.82) is 0 Å². The third-order valence-corrected chi connectivity index (χ3v) is 3.72. The Morgan fingerprint density at radius 2 is 1.95 bits per heavy atom. The molecular formula is C17H27NO2. The maximum atomic E-state index is 5.80. The average molecular weight is 277 g/mol. The van der Waals surface area contributed by atoms with Crippen molar-refractivity contribution in [2.45, 2.75) is 57.8 Å². The highest BCUT2D eigenvalue weighted by molar-refractivity contribution is 5.29. The van der Waals surface area contributed by atoms with E-state index in [-0.39, 0.29) is 6.10 Å². The van der Waals surface area contributed by atoms with Crippen LogP contribution in [0.15, 0.2) is 24.3 Å². The molecule has 0 aromatic heterocycles. The van der Waals surface area contributed by atoms with Gasteiger partial charge in [0.2, 0.25) is 0 Å². The fourth-order valence-corrected chi connectivity index (χ4v) is 2.24. The van der Waals surface area contributed by atoms with Gasteiger partial charge < -0.3 is 14.8 Å². The summed E-state index contributed by atoms with van der Waals surface area (Å²) in [5.41, 5.74) is 1.31. The van der Waals surface area contributed by atoms with Gasteiger partial charge in [0.15, 0.2) is 0 Å². The molecule has 1 aromatic carbocycles. The third kappa shape index (κ3) is 4.80. The molecule has 1 aromatic rings. The first-order chi connectivity index (χ1) is 9.72. The van der Waals surface area contributed by atoms with Gasteiger partial charge in [-0.25, -0.2) is 0 Å². The summed E-state index contributed by atoms with van der Waals surface area (Å²) in [6, 6.07) is 8.87. The molecule has 2 unspecified atom stereocenters. The quantitative estimate of drug-likeness (QED) is 0.746. The third-order valence-electron chi connectivity index (χ3n) is 3.72. The highest BCUT2D eigenvalue weighted by Gasteiger charge is 2.23. The Morgan fingerprint density at radius 1 is 1.25 bits per heavy atom. The van der Waals surface area contributed by atoms with Gasteiger partial charge in [-0.15, -0.1) is 0 Å². The van der Waals surface area contributed by atoms with Crippen LogP contribution in [0.1, 0.15) is 51.1 Å². The summed E-state index contributed by atoms with van der Waals surface area (Å²) in [7, 11) is 1.77. The number of hydrogen-bond donors (Lipinski definition) is 1. The Labute approximate surface area is 122 Å². The van der Waals surface area contributed by atoms with Crippen LogP contribution in [0.5, 0.6) is 5.75 Å². The summed E-state index contributed by atoms with van der Waals surface area (Å²) >= 11 is 0. The SMILES string of the molecule is CCCNC(CC(C)OC)c1ccc(OC2CC2)cc1. The number of hydrogen-bond acceptors (Lipinski definition) is 3. The molecule has 3 heteroatoms. The molecule has 0 bridgehead atoms. The minimum Gasteiger partial charge on any atom is -0.490 e. The first-order valence-corrected chi connectivity index (χ1v) is 7.75. The lowest BCUT2D eigenvalue weighted by Crippen LogP contribution is -2.26. The van der Waals surface area contributed by atoms with Crippen LogP contribution >= 0.6 is 0 Å². The molecule has 1 saturated carbocycles. The van der Waals surface area contributed by atoms with E-state index in [1.165, 1.54) is 18.4 Å². The molecule has 2 rings (SSSR count). The van der Waals surface area contributed by atoms with E-state index in [9.17, 15) is 0 Å². The summed E-state index contributed by atoms with van der Waals surface area (Å²) in [4.78, 5) is 0. The predicted molar refractivity (Wildman–Crippen MR) is 82.2 cm³/mol. The summed E-state index contributed by atoms with van der Waals surface area (Å²) in [6.07, 6.45) is 5.25. The van der Waals surface area contributed by atoms with Crippen molar-refractivity contribution in [3.05, 3.63) is 29.8 Å². The Morgan fingerprint density at radius 3 is 2.50 bits per heavy atom. The van der Waals surface area contributed by atoms with Gasteiger partial charge in [-0.3, -0.25) is 0 Å². The minimum atomic E-state index is 0.256. The zero-order valence-electron chi connectivity index (χ0n) is 12.9. The molecular weight excluding hydrogens is 250 g/mol. The van der Waals surface area contributed by atoms with Crippen molar-refractivity contribution < 1.29 is 9.47 Å². The van der Waals surface area contributed by atoms with Crippen molar-refractivity contribution in [2.75, 3.05) is 13.7 Å². The maximum Gasteiger partial charge on any atom is 0.119 e. The average Bonchev–Trinajstić information content (AvgIpc) is 3.28. The van der Waals surface area contributed by atoms with Crippen LogP contribution in [-0.4, -0.2) is 25.9 Å². The number of ether oxygens (including phenoxy) is 2. The number of methoxy groups -OCH3 is 1. The van der Waals surface area contributed by atoms with E-state index in [4.69, 9.17) is 9.47 Å². The molecule has 2 atom stereocenters. The van der Waals surface area contributed by atoms with Crippen molar-refractivity contribution in [3.63, 3.8) is 0 Å². The first-order valence-electron chi connectivity index (χ1n) is 7.75. The molecule has 1 aliphatic carbocycles. The van der Waals surface area contributed by atoms with Gasteiger partial charge in [-0.05, 0) is 56.8 Å². The Balaban J connectivity index is 1.97. The van der Waals surface area contributed by atoms with E-state index in [0.29, 0.717) is 12.1 Å². The van der Waals surface area contributed by atoms with E-state index >= 15 is 0 Å². The summed E-state index contributed by atoms with van der Waals surface area (Å²) in [5, 5.41) is 3.60. The molecule has 0 aliphatic heterocycles. The molecule has 20 heavy (non-hydrogen) atoms. The van der Waals surface area contributed by atoms with Gasteiger partial charge in [-0.1, -0.05) is 19.1 Å². The smallest absolute Gasteiger partial charge is 0.119 e. The molecule has 1 fully saturated rings. The van der Waals surface area contributed by atoms with Gasteiger partial charge in [-0.2, -0.15) is 0 Å². The van der Waals surface area contributed by atoms with Crippen molar-refractivity contribution >= 4 is 0 Å². The summed E-state index contributed by atoms with van der Waals surface area (Å²) < 4.78 is 11.2. The van der Waals surface area contributed by atoms with Crippen LogP contribution in [-0.2, 0) is 4.74 Å². The van der Waals surface area contributed by atoms with Gasteiger partial charge >= 0.3 is 0 Å². The van der Waals surface area contributed by atoms with Crippen LogP contribution < -0.4 is 10.1 Å². The lowest BCUT2D eigenvalue weighted by atomic mass is 10.0. The summed E-state index contributed by atoms with van der Waals surface area (Å²) in [5.74, 6) is 0.991. The van der Waals surface area contributed by atoms with E-state index in [0.717, 1.165) is 25.1 Å². The monoisotopic (exact) mass is 277 g/mol. The topological polar surface area (TPSA) is 30.5 Å². The lowest BCUT2D eigenvalue weighted by molar-refractivity contribution is 0.100. The van der Waals surface area contributed by atoms with Gasteiger partial charge in [0.05, 0.1) is 12.2 Å². The van der Waals surface area contributed by atoms with E-state index in [1.807, 2.05) is 0 Å². The van der Waals surface area contributed by atoms with Crippen molar-refractivity contribution in [3.8, 4) is 5.75 Å². The fourth-order valence-electron chi connectivity index (χ4n) is 2.24. The predicted octanol–water partition coefficient (Wildman–Crippen LogP) is 3.69. The minimum absolute atomic E-state index is 0.256. The largest absolute Gasteiger partial charge is 0.490 e. The van der Waals surface area contributed by atoms with E-state index in [2.05, 4.69) is 43.4 Å². The number of nitrogens with one attached hydrogen (secondary N) is 1. The normalized spacial score (nSPS) is 17.8. The lowest BCUT2D eigenvalue weighted by Gasteiger charge is -2.22. The molecule has 0 spiro atoms. The van der Waals surface area contributed by atoms with Crippen LogP contribution in [0.3, 0.4) is 0 Å². The Hall–Kier alpha value is -1.06. The molecule has 112 valence electrons. The highest BCUT2D eigenvalue weighted by Crippen LogP contribution is 2.28. The Kier molecular flexibility index (Phi) is 5.86. The molecule has 3 nitrogen and oxygen atoms in total. The summed E-state index contributed by atoms with van der Waals surface area (Å²) in [6.45, 7) is 5.34. The molecule has 0 amide bonds. The fraction of sp³-hybridized carbons (Fsp3) is 0.647. The van der Waals surface area contributed by atoms with Crippen LogP contribution in [0.25, 0.3) is 0 Å². The van der Waals surface area contributed by atoms with E-state index < -0.39 is 0 Å². The standard InChI is InChI=1S/C17H27NO2/c1-4-11-18-17(12-13(2)19-3)14-5-7-15(8-6-14)20-16-9-10-16/h5-8,13,16-18H,4,9-12H2,1-3H3. The number of benzene rings is 1. The van der Waals surface area contributed by atoms with Crippen molar-refractivity contribution in [1.82, 2.24) is 5.32 Å². The highest BCUT2D eigenvalue weighted by atomic mass is 16.5.